The van der Waals surface area contributed by atoms with Crippen LogP contribution in [0.1, 0.15) is 25.8 Å². The molecule has 1 rings (SSSR count). The molecule has 0 bridgehead atoms. The van der Waals surface area contributed by atoms with Crippen LogP contribution in [0.5, 0.6) is 11.5 Å². The molecule has 0 aliphatic carbocycles. The fraction of sp³-hybridized carbons (Fsp3) is 0.333. The van der Waals surface area contributed by atoms with Crippen molar-refractivity contribution in [2.75, 3.05) is 7.11 Å². The topological polar surface area (TPSA) is 30.8 Å². The Morgan fingerprint density at radius 1 is 1.44 bits per heavy atom. The van der Waals surface area contributed by atoms with Crippen LogP contribution in [-0.4, -0.2) is 14.7 Å². The van der Waals surface area contributed by atoms with E-state index in [1.165, 1.54) is 5.57 Å². The van der Waals surface area contributed by atoms with Gasteiger partial charge in [-0.3, -0.25) is 0 Å². The first-order valence-electron chi connectivity index (χ1n) is 5.17. The molecule has 83 valence electrons. The fourth-order valence-corrected chi connectivity index (χ4v) is 1.57. The molecule has 0 aliphatic rings. The van der Waals surface area contributed by atoms with Gasteiger partial charge in [-0.15, -0.1) is 0 Å². The number of benzene rings is 1. The summed E-state index contributed by atoms with van der Waals surface area (Å²) in [5.74, 6) is 1.14. The van der Waals surface area contributed by atoms with Gasteiger partial charge >= 0.3 is 96.6 Å². The molecule has 0 fully saturated rings. The standard InChI is InChI=1S/C12H15BNO2/c1-4-9(5-2)10-6-7-11(16-14-13)12(8-10)15-3/h4,6-8H,5H2,1-3H3/b9-4-. The zero-order valence-corrected chi connectivity index (χ0v) is 9.86. The number of methoxy groups -OCH3 is 1. The number of hydrogen-bond acceptors (Lipinski definition) is 3. The summed E-state index contributed by atoms with van der Waals surface area (Å²) in [6, 6.07) is 5.67. The van der Waals surface area contributed by atoms with Crippen LogP contribution >= 0.6 is 0 Å². The summed E-state index contributed by atoms with van der Waals surface area (Å²) in [7, 11) is 6.56. The predicted molar refractivity (Wildman–Crippen MR) is 65.7 cm³/mol. The molecule has 0 saturated carbocycles. The first-order valence-corrected chi connectivity index (χ1v) is 5.17. The van der Waals surface area contributed by atoms with Crippen LogP contribution in [-0.2, 0) is 0 Å². The van der Waals surface area contributed by atoms with Gasteiger partial charge in [0.1, 0.15) is 0 Å². The summed E-state index contributed by atoms with van der Waals surface area (Å²) in [6.07, 6.45) is 3.06. The predicted octanol–water partition coefficient (Wildman–Crippen LogP) is 3.15. The van der Waals surface area contributed by atoms with E-state index in [1.54, 1.807) is 13.2 Å². The van der Waals surface area contributed by atoms with Crippen molar-refractivity contribution in [3.8, 4) is 11.5 Å². The molecule has 0 heterocycles. The molecular formula is C12H15BNO2. The van der Waals surface area contributed by atoms with E-state index >= 15 is 0 Å². The second-order valence-corrected chi connectivity index (χ2v) is 3.23. The molecule has 0 aliphatic heterocycles. The van der Waals surface area contributed by atoms with E-state index in [9.17, 15) is 0 Å². The van der Waals surface area contributed by atoms with Crippen molar-refractivity contribution in [1.82, 2.24) is 0 Å². The molecule has 16 heavy (non-hydrogen) atoms. The Bertz CT molecular complexity index is 402. The first kappa shape index (κ1) is 12.5. The maximum absolute atomic E-state index is 5.21. The molecule has 3 nitrogen and oxygen atoms in total. The molecule has 1 aromatic carbocycles. The Balaban J connectivity index is 3.12. The Hall–Kier alpha value is -1.58. The van der Waals surface area contributed by atoms with Crippen molar-refractivity contribution < 1.29 is 9.57 Å². The van der Waals surface area contributed by atoms with Crippen molar-refractivity contribution in [3.05, 3.63) is 29.8 Å². The van der Waals surface area contributed by atoms with E-state index in [0.29, 0.717) is 11.5 Å². The van der Waals surface area contributed by atoms with Gasteiger partial charge < -0.3 is 0 Å². The van der Waals surface area contributed by atoms with Gasteiger partial charge in [0.25, 0.3) is 0 Å². The van der Waals surface area contributed by atoms with E-state index in [-0.39, 0.29) is 0 Å². The monoisotopic (exact) mass is 216 g/mol. The third kappa shape index (κ3) is 2.72. The minimum atomic E-state index is 0.514. The van der Waals surface area contributed by atoms with Gasteiger partial charge in [0.2, 0.25) is 0 Å². The van der Waals surface area contributed by atoms with Gasteiger partial charge in [0.15, 0.2) is 0 Å². The van der Waals surface area contributed by atoms with E-state index in [1.807, 2.05) is 19.1 Å². The minimum absolute atomic E-state index is 0.514. The summed E-state index contributed by atoms with van der Waals surface area (Å²) in [5.41, 5.74) is 2.38. The summed E-state index contributed by atoms with van der Waals surface area (Å²) in [5, 5.41) is 3.13. The normalized spacial score (nSPS) is 11.0. The van der Waals surface area contributed by atoms with Gasteiger partial charge in [0.05, 0.1) is 0 Å². The Morgan fingerprint density at radius 3 is 2.69 bits per heavy atom. The number of ether oxygens (including phenoxy) is 1. The van der Waals surface area contributed by atoms with Crippen LogP contribution in [0, 0.1) is 0 Å². The van der Waals surface area contributed by atoms with Crippen LogP contribution in [0.25, 0.3) is 5.57 Å². The second-order valence-electron chi connectivity index (χ2n) is 3.23. The van der Waals surface area contributed by atoms with Crippen LogP contribution in [0.4, 0.5) is 0 Å². The maximum atomic E-state index is 5.21. The molecule has 0 N–H and O–H groups in total. The van der Waals surface area contributed by atoms with Gasteiger partial charge in [-0.05, 0) is 0 Å². The quantitative estimate of drug-likeness (QED) is 0.559. The van der Waals surface area contributed by atoms with Crippen LogP contribution in [0.15, 0.2) is 29.3 Å². The van der Waals surface area contributed by atoms with Gasteiger partial charge in [0, 0.05) is 0 Å². The van der Waals surface area contributed by atoms with Gasteiger partial charge in [-0.25, -0.2) is 0 Å². The molecule has 4 heteroatoms. The Kier molecular flexibility index (Phi) is 4.77. The molecule has 1 radical (unpaired) electrons. The van der Waals surface area contributed by atoms with E-state index in [0.717, 1.165) is 12.0 Å². The average Bonchev–Trinajstić information content (AvgIpc) is 2.32. The Morgan fingerprint density at radius 2 is 2.19 bits per heavy atom. The fourth-order valence-electron chi connectivity index (χ4n) is 1.57. The number of hydrogen-bond donors (Lipinski definition) is 0. The number of nitrogens with zero attached hydrogens (tertiary/aromatic N) is 1. The average molecular weight is 216 g/mol. The molecule has 0 aromatic heterocycles. The SMILES string of the molecule is [B]=NOc1ccc(/C(=C\C)CC)cc1OC. The molecule has 0 spiro atoms. The second kappa shape index (κ2) is 6.11. The van der Waals surface area contributed by atoms with Crippen LogP contribution < -0.4 is 9.57 Å². The Labute approximate surface area is 97.2 Å². The zero-order chi connectivity index (χ0) is 12.0. The van der Waals surface area contributed by atoms with Crippen molar-refractivity contribution in [1.29, 1.82) is 0 Å². The summed E-state index contributed by atoms with van der Waals surface area (Å²) < 4.78 is 5.21. The molecule has 0 amide bonds. The summed E-state index contributed by atoms with van der Waals surface area (Å²) >= 11 is 0. The van der Waals surface area contributed by atoms with Crippen molar-refractivity contribution in [2.45, 2.75) is 20.3 Å². The first-order chi connectivity index (χ1) is 7.76. The molecule has 1 aromatic rings. The molecule has 0 saturated heterocycles. The molecular weight excluding hydrogens is 201 g/mol. The van der Waals surface area contributed by atoms with Crippen LogP contribution in [0.3, 0.4) is 0 Å². The van der Waals surface area contributed by atoms with Gasteiger partial charge in [-0.1, -0.05) is 0 Å². The van der Waals surface area contributed by atoms with Crippen molar-refractivity contribution in [3.63, 3.8) is 0 Å². The zero-order valence-electron chi connectivity index (χ0n) is 9.86. The number of rotatable bonds is 5. The summed E-state index contributed by atoms with van der Waals surface area (Å²) in [6.45, 7) is 4.13. The molecule has 0 unspecified atom stereocenters. The van der Waals surface area contributed by atoms with E-state index in [4.69, 9.17) is 17.2 Å². The van der Waals surface area contributed by atoms with Crippen molar-refractivity contribution >= 4 is 13.2 Å². The molecule has 0 atom stereocenters. The third-order valence-corrected chi connectivity index (χ3v) is 2.41. The summed E-state index contributed by atoms with van der Waals surface area (Å²) in [4.78, 5) is 4.89. The van der Waals surface area contributed by atoms with Gasteiger partial charge in [-0.2, -0.15) is 0 Å². The van der Waals surface area contributed by atoms with Crippen LogP contribution in [0.2, 0.25) is 0 Å². The van der Waals surface area contributed by atoms with E-state index in [2.05, 4.69) is 18.1 Å². The number of allylic oxidation sites excluding steroid dienone is 2. The van der Waals surface area contributed by atoms with Crippen molar-refractivity contribution in [2.24, 2.45) is 5.06 Å². The van der Waals surface area contributed by atoms with E-state index < -0.39 is 0 Å². The third-order valence-electron chi connectivity index (χ3n) is 2.41.